The number of rotatable bonds is 12. The molecule has 0 radical (unpaired) electrons. The Labute approximate surface area is 189 Å². The van der Waals surface area contributed by atoms with E-state index in [-0.39, 0.29) is 8.80 Å². The second-order valence-electron chi connectivity index (χ2n) is 10.4. The van der Waals surface area contributed by atoms with Crippen LogP contribution in [-0.2, 0) is 6.42 Å². The summed E-state index contributed by atoms with van der Waals surface area (Å²) in [6.45, 7) is 5.14. The molecule has 0 N–H and O–H groups in total. The predicted octanol–water partition coefficient (Wildman–Crippen LogP) is 8.43. The third kappa shape index (κ3) is 8.06. The summed E-state index contributed by atoms with van der Waals surface area (Å²) in [6, 6.07) is 13.8. The number of hydrogen-bond acceptors (Lipinski definition) is 1. The summed E-state index contributed by atoms with van der Waals surface area (Å²) >= 11 is 0. The van der Waals surface area contributed by atoms with E-state index in [0.29, 0.717) is 0 Å². The summed E-state index contributed by atoms with van der Waals surface area (Å²) in [7, 11) is -0.322. The van der Waals surface area contributed by atoms with Crippen molar-refractivity contribution in [2.24, 2.45) is 17.8 Å². The van der Waals surface area contributed by atoms with Crippen molar-refractivity contribution in [3.63, 3.8) is 0 Å². The van der Waals surface area contributed by atoms with Crippen LogP contribution in [0.25, 0.3) is 0 Å². The van der Waals surface area contributed by atoms with Gasteiger partial charge >= 0.3 is 0 Å². The summed E-state index contributed by atoms with van der Waals surface area (Å²) in [4.78, 5) is 0. The minimum Gasteiger partial charge on any atom is -0.494 e. The lowest BCUT2D eigenvalue weighted by Crippen LogP contribution is -2.28. The summed E-state index contributed by atoms with van der Waals surface area (Å²) in [5, 5.41) is 0. The van der Waals surface area contributed by atoms with Crippen LogP contribution in [0.5, 0.6) is 5.75 Å². The molecular weight excluding hydrogens is 380 g/mol. The molecule has 2 aliphatic rings. The Kier molecular flexibility index (Phi) is 10.8. The average molecular weight is 429 g/mol. The smallest absolute Gasteiger partial charge is 0.119 e. The van der Waals surface area contributed by atoms with Crippen molar-refractivity contribution < 1.29 is 4.74 Å². The summed E-state index contributed by atoms with van der Waals surface area (Å²) in [5.74, 6) is 4.24. The zero-order valence-corrected chi connectivity index (χ0v) is 21.2. The van der Waals surface area contributed by atoms with Crippen molar-refractivity contribution in [3.8, 4) is 5.75 Å². The van der Waals surface area contributed by atoms with Gasteiger partial charge in [0.1, 0.15) is 5.75 Å². The van der Waals surface area contributed by atoms with Gasteiger partial charge in [-0.3, -0.25) is 0 Å². The molecule has 30 heavy (non-hydrogen) atoms. The van der Waals surface area contributed by atoms with Gasteiger partial charge in [0.05, 0.1) is 6.61 Å². The van der Waals surface area contributed by atoms with Gasteiger partial charge < -0.3 is 4.74 Å². The van der Waals surface area contributed by atoms with Gasteiger partial charge in [-0.2, -0.15) is 0 Å². The zero-order valence-electron chi connectivity index (χ0n) is 20.0. The maximum atomic E-state index is 5.55. The number of aryl methyl sites for hydroxylation is 1. The first-order chi connectivity index (χ1) is 14.8. The van der Waals surface area contributed by atoms with Crippen molar-refractivity contribution in [3.05, 3.63) is 29.8 Å². The average Bonchev–Trinajstić information content (AvgIpc) is 2.79. The Balaban J connectivity index is 1.24. The van der Waals surface area contributed by atoms with Gasteiger partial charge in [0.25, 0.3) is 0 Å². The van der Waals surface area contributed by atoms with E-state index in [2.05, 4.69) is 31.2 Å². The Morgan fingerprint density at radius 2 is 1.50 bits per heavy atom. The molecule has 1 heterocycles. The predicted molar refractivity (Wildman–Crippen MR) is 134 cm³/mol. The third-order valence-corrected chi connectivity index (χ3v) is 11.8. The number of unbranched alkanes of at least 4 members (excludes halogenated alkanes) is 3. The fourth-order valence-electron chi connectivity index (χ4n) is 6.26. The number of benzene rings is 1. The molecule has 1 saturated carbocycles. The monoisotopic (exact) mass is 428 g/mol. The molecule has 3 rings (SSSR count). The second kappa shape index (κ2) is 13.6. The van der Waals surface area contributed by atoms with Crippen molar-refractivity contribution >= 4 is 8.80 Å². The molecule has 0 amide bonds. The first-order valence-electron chi connectivity index (χ1n) is 13.5. The second-order valence-corrected chi connectivity index (χ2v) is 13.8. The van der Waals surface area contributed by atoms with Gasteiger partial charge in [0, 0.05) is 8.80 Å². The molecule has 0 spiro atoms. The van der Waals surface area contributed by atoms with Gasteiger partial charge in [0.2, 0.25) is 0 Å². The van der Waals surface area contributed by atoms with Gasteiger partial charge in [-0.05, 0) is 68.1 Å². The molecule has 1 aromatic carbocycles. The van der Waals surface area contributed by atoms with Gasteiger partial charge in [-0.25, -0.2) is 0 Å². The van der Waals surface area contributed by atoms with Crippen LogP contribution < -0.4 is 4.74 Å². The molecule has 0 atom stereocenters. The van der Waals surface area contributed by atoms with Crippen LogP contribution in [0, 0.1) is 17.8 Å². The molecule has 0 bridgehead atoms. The highest BCUT2D eigenvalue weighted by atomic mass is 28.3. The van der Waals surface area contributed by atoms with E-state index in [1.807, 2.05) is 6.92 Å². The Hall–Kier alpha value is -0.763. The first-order valence-corrected chi connectivity index (χ1v) is 15.9. The lowest BCUT2D eigenvalue weighted by Gasteiger charge is -2.37. The largest absolute Gasteiger partial charge is 0.494 e. The molecule has 170 valence electrons. The molecule has 1 aliphatic carbocycles. The SMILES string of the molecule is CCCCC[SiH]1CCC([C@H]2CC[C@H](CCCCc3ccc(OCC)cc3)CC2)CC1. The Morgan fingerprint density at radius 1 is 0.800 bits per heavy atom. The van der Waals surface area contributed by atoms with Crippen molar-refractivity contribution in [1.82, 2.24) is 0 Å². The van der Waals surface area contributed by atoms with E-state index in [1.165, 1.54) is 56.9 Å². The van der Waals surface area contributed by atoms with Crippen LogP contribution in [0.2, 0.25) is 18.1 Å². The zero-order chi connectivity index (χ0) is 21.0. The maximum absolute atomic E-state index is 5.55. The normalized spacial score (nSPS) is 27.1. The highest BCUT2D eigenvalue weighted by Crippen LogP contribution is 2.42. The van der Waals surface area contributed by atoms with Crippen LogP contribution >= 0.6 is 0 Å². The fraction of sp³-hybridized carbons (Fsp3) is 0.786. The van der Waals surface area contributed by atoms with E-state index in [4.69, 9.17) is 4.74 Å². The van der Waals surface area contributed by atoms with Crippen molar-refractivity contribution in [2.45, 2.75) is 115 Å². The summed E-state index contributed by atoms with van der Waals surface area (Å²) < 4.78 is 5.55. The highest BCUT2D eigenvalue weighted by Gasteiger charge is 2.30. The Bertz CT molecular complexity index is 553. The van der Waals surface area contributed by atoms with Gasteiger partial charge in [0.15, 0.2) is 0 Å². The van der Waals surface area contributed by atoms with Crippen LogP contribution in [0.15, 0.2) is 24.3 Å². The quantitative estimate of drug-likeness (QED) is 0.240. The molecule has 2 heteroatoms. The fourth-order valence-corrected chi connectivity index (χ4v) is 9.79. The van der Waals surface area contributed by atoms with E-state index < -0.39 is 0 Å². The van der Waals surface area contributed by atoms with E-state index in [1.54, 1.807) is 50.2 Å². The topological polar surface area (TPSA) is 9.23 Å². The molecule has 0 aromatic heterocycles. The van der Waals surface area contributed by atoms with E-state index >= 15 is 0 Å². The third-order valence-electron chi connectivity index (χ3n) is 8.23. The molecule has 1 aromatic rings. The van der Waals surface area contributed by atoms with Gasteiger partial charge in [-0.1, -0.05) is 95.0 Å². The highest BCUT2D eigenvalue weighted by molar-refractivity contribution is 6.58. The molecule has 1 nitrogen and oxygen atoms in total. The molecule has 0 unspecified atom stereocenters. The molecule has 1 saturated heterocycles. The standard InChI is InChI=1S/C28H48OSi/c1-3-5-8-21-30-22-19-27(20-23-30)26-15-11-24(12-16-26)9-6-7-10-25-13-17-28(18-14-25)29-4-2/h13-14,17-18,24,26-27,30H,3-12,15-16,19-23H2,1-2H3/t24-,26-,27?,30?. The van der Waals surface area contributed by atoms with Crippen molar-refractivity contribution in [2.75, 3.05) is 6.61 Å². The van der Waals surface area contributed by atoms with Gasteiger partial charge in [-0.15, -0.1) is 0 Å². The minimum absolute atomic E-state index is 0.322. The minimum atomic E-state index is -0.322. The molecule has 1 aliphatic heterocycles. The molecular formula is C28H48OSi. The lowest BCUT2D eigenvalue weighted by atomic mass is 9.73. The first kappa shape index (κ1) is 23.9. The van der Waals surface area contributed by atoms with Crippen molar-refractivity contribution in [1.29, 1.82) is 0 Å². The maximum Gasteiger partial charge on any atom is 0.119 e. The lowest BCUT2D eigenvalue weighted by molar-refractivity contribution is 0.184. The van der Waals surface area contributed by atoms with E-state index in [9.17, 15) is 0 Å². The van der Waals surface area contributed by atoms with Crippen LogP contribution in [-0.4, -0.2) is 15.4 Å². The van der Waals surface area contributed by atoms with Crippen LogP contribution in [0.4, 0.5) is 0 Å². The number of hydrogen-bond donors (Lipinski definition) is 0. The summed E-state index contributed by atoms with van der Waals surface area (Å²) in [6.07, 6.45) is 19.3. The van der Waals surface area contributed by atoms with Crippen LogP contribution in [0.1, 0.15) is 96.5 Å². The Morgan fingerprint density at radius 3 is 2.17 bits per heavy atom. The number of ether oxygens (including phenoxy) is 1. The van der Waals surface area contributed by atoms with E-state index in [0.717, 1.165) is 30.1 Å². The molecule has 2 fully saturated rings. The van der Waals surface area contributed by atoms with Crippen LogP contribution in [0.3, 0.4) is 0 Å². The summed E-state index contributed by atoms with van der Waals surface area (Å²) in [5.41, 5.74) is 1.47.